The van der Waals surface area contributed by atoms with Gasteiger partial charge in [-0.3, -0.25) is 14.4 Å². The van der Waals surface area contributed by atoms with E-state index in [1.54, 1.807) is 16.9 Å². The number of aromatic nitrogens is 4. The van der Waals surface area contributed by atoms with E-state index in [-0.39, 0.29) is 23.3 Å². The first-order chi connectivity index (χ1) is 12.4. The lowest BCUT2D eigenvalue weighted by atomic mass is 9.77. The average molecular weight is 358 g/mol. The minimum absolute atomic E-state index is 0.0703. The molecule has 4 heterocycles. The Balaban J connectivity index is 1.43. The highest BCUT2D eigenvalue weighted by Gasteiger charge is 2.53. The van der Waals surface area contributed by atoms with Gasteiger partial charge >= 0.3 is 0 Å². The molecule has 2 aromatic rings. The fourth-order valence-electron chi connectivity index (χ4n) is 4.22. The van der Waals surface area contributed by atoms with Crippen molar-refractivity contribution < 1.29 is 9.21 Å². The van der Waals surface area contributed by atoms with E-state index in [1.807, 2.05) is 25.7 Å². The van der Waals surface area contributed by atoms with Gasteiger partial charge < -0.3 is 9.32 Å². The molecule has 0 N–H and O–H groups in total. The lowest BCUT2D eigenvalue weighted by molar-refractivity contribution is 0.0105. The van der Waals surface area contributed by atoms with Crippen LogP contribution in [0.3, 0.4) is 0 Å². The molecule has 26 heavy (non-hydrogen) atoms. The van der Waals surface area contributed by atoms with Gasteiger partial charge in [0.25, 0.3) is 5.91 Å². The molecule has 8 nitrogen and oxygen atoms in total. The molecule has 2 fully saturated rings. The number of likely N-dealkylation sites (tertiary alicyclic amines) is 2. The fourth-order valence-corrected chi connectivity index (χ4v) is 4.22. The van der Waals surface area contributed by atoms with Gasteiger partial charge in [-0.15, -0.1) is 10.2 Å². The number of hydrogen-bond donors (Lipinski definition) is 0. The molecule has 1 unspecified atom stereocenters. The number of aryl methyl sites for hydroxylation is 1. The van der Waals surface area contributed by atoms with Gasteiger partial charge in [-0.2, -0.15) is 5.10 Å². The second kappa shape index (κ2) is 6.19. The summed E-state index contributed by atoms with van der Waals surface area (Å²) < 4.78 is 7.62. The van der Waals surface area contributed by atoms with Crippen molar-refractivity contribution in [3.8, 4) is 0 Å². The van der Waals surface area contributed by atoms with Crippen LogP contribution < -0.4 is 0 Å². The van der Waals surface area contributed by atoms with Crippen LogP contribution in [0.4, 0.5) is 0 Å². The second-order valence-corrected chi connectivity index (χ2v) is 7.96. The van der Waals surface area contributed by atoms with Crippen LogP contribution in [0.25, 0.3) is 0 Å². The summed E-state index contributed by atoms with van der Waals surface area (Å²) in [5, 5.41) is 12.6. The average Bonchev–Trinajstić information content (AvgIpc) is 3.29. The number of amides is 1. The van der Waals surface area contributed by atoms with E-state index in [2.05, 4.69) is 27.2 Å². The van der Waals surface area contributed by atoms with E-state index >= 15 is 0 Å². The van der Waals surface area contributed by atoms with Crippen molar-refractivity contribution in [3.63, 3.8) is 0 Å². The molecule has 0 aromatic carbocycles. The van der Waals surface area contributed by atoms with Crippen LogP contribution >= 0.6 is 0 Å². The molecule has 140 valence electrons. The molecule has 2 aliphatic heterocycles. The molecule has 4 rings (SSSR count). The SMILES string of the molecule is CCn1nccc1C(=O)N1CC2(CC(c3nnc(C(C)C)o3)N(C)C2)C1. The molecular formula is C18H26N6O2. The largest absolute Gasteiger partial charge is 0.423 e. The number of nitrogens with zero attached hydrogens (tertiary/aromatic N) is 6. The number of carbonyl (C=O) groups excluding carboxylic acids is 1. The molecule has 1 amide bonds. The zero-order valence-corrected chi connectivity index (χ0v) is 15.8. The minimum Gasteiger partial charge on any atom is -0.423 e. The van der Waals surface area contributed by atoms with E-state index in [1.165, 1.54) is 0 Å². The van der Waals surface area contributed by atoms with Gasteiger partial charge in [0.15, 0.2) is 0 Å². The molecule has 8 heteroatoms. The van der Waals surface area contributed by atoms with Crippen LogP contribution in [-0.2, 0) is 6.54 Å². The third-order valence-corrected chi connectivity index (χ3v) is 5.55. The van der Waals surface area contributed by atoms with Crippen molar-refractivity contribution in [1.29, 1.82) is 0 Å². The van der Waals surface area contributed by atoms with Crippen molar-refractivity contribution in [1.82, 2.24) is 29.8 Å². The van der Waals surface area contributed by atoms with Gasteiger partial charge in [-0.05, 0) is 26.5 Å². The predicted molar refractivity (Wildman–Crippen MR) is 94.6 cm³/mol. The Bertz CT molecular complexity index is 804. The third-order valence-electron chi connectivity index (χ3n) is 5.55. The summed E-state index contributed by atoms with van der Waals surface area (Å²) >= 11 is 0. The van der Waals surface area contributed by atoms with Crippen LogP contribution in [0.1, 0.15) is 61.4 Å². The van der Waals surface area contributed by atoms with Gasteiger partial charge in [0.05, 0.1) is 6.04 Å². The zero-order chi connectivity index (χ0) is 18.5. The van der Waals surface area contributed by atoms with Crippen molar-refractivity contribution in [3.05, 3.63) is 29.7 Å². The summed E-state index contributed by atoms with van der Waals surface area (Å²) in [6.07, 6.45) is 2.63. The maximum Gasteiger partial charge on any atom is 0.272 e. The van der Waals surface area contributed by atoms with E-state index in [4.69, 9.17) is 4.42 Å². The number of carbonyl (C=O) groups is 1. The predicted octanol–water partition coefficient (Wildman–Crippen LogP) is 1.93. The van der Waals surface area contributed by atoms with Gasteiger partial charge in [0.1, 0.15) is 5.69 Å². The summed E-state index contributed by atoms with van der Waals surface area (Å²) in [6.45, 7) is 9.27. The second-order valence-electron chi connectivity index (χ2n) is 7.96. The summed E-state index contributed by atoms with van der Waals surface area (Å²) in [5.74, 6) is 1.69. The fraction of sp³-hybridized carbons (Fsp3) is 0.667. The van der Waals surface area contributed by atoms with Crippen LogP contribution in [0.5, 0.6) is 0 Å². The minimum atomic E-state index is 0.0703. The van der Waals surface area contributed by atoms with Gasteiger partial charge in [0.2, 0.25) is 11.8 Å². The maximum atomic E-state index is 12.7. The Morgan fingerprint density at radius 2 is 2.12 bits per heavy atom. The quantitative estimate of drug-likeness (QED) is 0.831. The topological polar surface area (TPSA) is 80.3 Å². The molecular weight excluding hydrogens is 332 g/mol. The van der Waals surface area contributed by atoms with Gasteiger partial charge in [-0.25, -0.2) is 0 Å². The molecule has 0 bridgehead atoms. The van der Waals surface area contributed by atoms with Gasteiger partial charge in [-0.1, -0.05) is 13.8 Å². The molecule has 0 radical (unpaired) electrons. The van der Waals surface area contributed by atoms with E-state index in [0.717, 1.165) is 26.1 Å². The molecule has 2 aromatic heterocycles. The maximum absolute atomic E-state index is 12.7. The highest BCUT2D eigenvalue weighted by molar-refractivity contribution is 5.93. The van der Waals surface area contributed by atoms with E-state index in [0.29, 0.717) is 24.0 Å². The normalized spacial score (nSPS) is 22.3. The highest BCUT2D eigenvalue weighted by atomic mass is 16.4. The van der Waals surface area contributed by atoms with Crippen LogP contribution in [-0.4, -0.2) is 62.4 Å². The highest BCUT2D eigenvalue weighted by Crippen LogP contribution is 2.47. The standard InChI is InChI=1S/C18H26N6O2/c1-5-24-13(6-7-19-24)17(25)23-10-18(11-23)8-14(22(4)9-18)16-21-20-15(26-16)12(2)3/h6-7,12,14H,5,8-11H2,1-4H3. The number of hydrogen-bond acceptors (Lipinski definition) is 6. The Morgan fingerprint density at radius 3 is 2.77 bits per heavy atom. The first kappa shape index (κ1) is 17.2. The molecule has 2 aliphatic rings. The molecule has 2 saturated heterocycles. The molecule has 0 aliphatic carbocycles. The van der Waals surface area contributed by atoms with Gasteiger partial charge in [0, 0.05) is 43.7 Å². The lowest BCUT2D eigenvalue weighted by Gasteiger charge is -2.48. The molecule has 1 atom stereocenters. The van der Waals surface area contributed by atoms with Crippen LogP contribution in [0, 0.1) is 5.41 Å². The summed E-state index contributed by atoms with van der Waals surface area (Å²) in [6, 6.07) is 1.93. The van der Waals surface area contributed by atoms with Crippen molar-refractivity contribution >= 4 is 5.91 Å². The summed E-state index contributed by atoms with van der Waals surface area (Å²) in [4.78, 5) is 16.9. The van der Waals surface area contributed by atoms with Crippen molar-refractivity contribution in [2.75, 3.05) is 26.7 Å². The lowest BCUT2D eigenvalue weighted by Crippen LogP contribution is -2.59. The monoisotopic (exact) mass is 358 g/mol. The van der Waals surface area contributed by atoms with Crippen LogP contribution in [0.15, 0.2) is 16.7 Å². The Labute approximate surface area is 153 Å². The van der Waals surface area contributed by atoms with Crippen molar-refractivity contribution in [2.24, 2.45) is 5.41 Å². The van der Waals surface area contributed by atoms with E-state index in [9.17, 15) is 4.79 Å². The number of rotatable bonds is 4. The summed E-state index contributed by atoms with van der Waals surface area (Å²) in [7, 11) is 2.09. The van der Waals surface area contributed by atoms with E-state index < -0.39 is 0 Å². The first-order valence-corrected chi connectivity index (χ1v) is 9.27. The molecule has 0 saturated carbocycles. The summed E-state index contributed by atoms with van der Waals surface area (Å²) in [5.41, 5.74) is 0.794. The zero-order valence-electron chi connectivity index (χ0n) is 15.8. The Kier molecular flexibility index (Phi) is 4.10. The molecule has 1 spiro atoms. The smallest absolute Gasteiger partial charge is 0.272 e. The van der Waals surface area contributed by atoms with Crippen LogP contribution in [0.2, 0.25) is 0 Å². The first-order valence-electron chi connectivity index (χ1n) is 9.27. The Hall–Kier alpha value is -2.22. The Morgan fingerprint density at radius 1 is 1.35 bits per heavy atom. The van der Waals surface area contributed by atoms with Crippen molar-refractivity contribution in [2.45, 2.75) is 45.7 Å². The third kappa shape index (κ3) is 2.72.